The lowest BCUT2D eigenvalue weighted by atomic mass is 9.73. The van der Waals surface area contributed by atoms with Gasteiger partial charge in [-0.05, 0) is 52.4 Å². The third-order valence-corrected chi connectivity index (χ3v) is 6.08. The Balaban J connectivity index is 1.76. The van der Waals surface area contributed by atoms with E-state index in [4.69, 9.17) is 4.74 Å². The van der Waals surface area contributed by atoms with E-state index in [0.717, 1.165) is 19.3 Å². The predicted octanol–water partition coefficient (Wildman–Crippen LogP) is 5.04. The summed E-state index contributed by atoms with van der Waals surface area (Å²) in [6.45, 7) is 4.72. The van der Waals surface area contributed by atoms with Gasteiger partial charge in [0.25, 0.3) is 0 Å². The van der Waals surface area contributed by atoms with E-state index in [1.54, 1.807) is 0 Å². The van der Waals surface area contributed by atoms with E-state index in [-0.39, 0.29) is 11.9 Å². The van der Waals surface area contributed by atoms with Crippen molar-refractivity contribution in [3.63, 3.8) is 0 Å². The number of hydrogen-bond acceptors (Lipinski definition) is 2. The van der Waals surface area contributed by atoms with Crippen LogP contribution in [0.2, 0.25) is 0 Å². The largest absolute Gasteiger partial charge is 0.465 e. The average Bonchev–Trinajstić information content (AvgIpc) is 3.09. The second-order valence-electron chi connectivity index (χ2n) is 7.56. The smallest absolute Gasteiger partial charge is 0.313 e. The van der Waals surface area contributed by atoms with Crippen molar-refractivity contribution in [2.24, 2.45) is 11.3 Å². The Morgan fingerprint density at radius 2 is 1.68 bits per heavy atom. The minimum absolute atomic E-state index is 0.0341. The molecule has 124 valence electrons. The van der Waals surface area contributed by atoms with Crippen molar-refractivity contribution in [1.29, 1.82) is 0 Å². The first-order chi connectivity index (χ1) is 12.2. The predicted molar refractivity (Wildman–Crippen MR) is 100 cm³/mol. The maximum absolute atomic E-state index is 12.7. The number of hydrogen-bond donors (Lipinski definition) is 0. The maximum atomic E-state index is 12.7. The number of allylic oxidation sites excluding steroid dienone is 1. The normalized spacial score (nSPS) is 25.5. The number of ether oxygens (including phenoxy) is 1. The van der Waals surface area contributed by atoms with E-state index in [9.17, 15) is 4.79 Å². The number of rotatable bonds is 2. The Morgan fingerprint density at radius 3 is 2.36 bits per heavy atom. The quantitative estimate of drug-likeness (QED) is 0.374. The fourth-order valence-electron chi connectivity index (χ4n) is 4.88. The Bertz CT molecular complexity index is 979. The van der Waals surface area contributed by atoms with Gasteiger partial charge in [0.1, 0.15) is 0 Å². The lowest BCUT2D eigenvalue weighted by Crippen LogP contribution is -2.31. The molecule has 0 radical (unpaired) electrons. The van der Waals surface area contributed by atoms with Gasteiger partial charge in [-0.15, -0.1) is 0 Å². The summed E-state index contributed by atoms with van der Waals surface area (Å²) in [5.74, 6) is 0.235. The minimum Gasteiger partial charge on any atom is -0.465 e. The van der Waals surface area contributed by atoms with Crippen LogP contribution in [0.1, 0.15) is 18.4 Å². The van der Waals surface area contributed by atoms with Gasteiger partial charge in [0, 0.05) is 5.92 Å². The van der Waals surface area contributed by atoms with E-state index in [0.29, 0.717) is 6.61 Å². The van der Waals surface area contributed by atoms with Crippen molar-refractivity contribution in [3.8, 4) is 0 Å². The molecule has 1 aliphatic heterocycles. The first-order valence-corrected chi connectivity index (χ1v) is 8.91. The van der Waals surface area contributed by atoms with Gasteiger partial charge in [0.2, 0.25) is 0 Å². The van der Waals surface area contributed by atoms with Crippen LogP contribution in [0.3, 0.4) is 0 Å². The molecule has 0 bridgehead atoms. The highest BCUT2D eigenvalue weighted by molar-refractivity contribution is 6.02. The highest BCUT2D eigenvalue weighted by atomic mass is 16.5. The van der Waals surface area contributed by atoms with E-state index in [1.807, 2.05) is 0 Å². The van der Waals surface area contributed by atoms with E-state index in [1.165, 1.54) is 32.7 Å². The molecule has 25 heavy (non-hydrogen) atoms. The van der Waals surface area contributed by atoms with Crippen LogP contribution in [0, 0.1) is 11.3 Å². The number of carbonyl (C=O) groups excluding carboxylic acids is 1. The van der Waals surface area contributed by atoms with Crippen molar-refractivity contribution in [3.05, 3.63) is 72.3 Å². The second kappa shape index (κ2) is 5.19. The summed E-state index contributed by atoms with van der Waals surface area (Å²) in [6.07, 6.45) is 2.40. The summed E-state index contributed by atoms with van der Waals surface area (Å²) in [6, 6.07) is 19.2. The van der Waals surface area contributed by atoms with Gasteiger partial charge in [-0.3, -0.25) is 4.79 Å². The molecule has 2 nitrogen and oxygen atoms in total. The summed E-state index contributed by atoms with van der Waals surface area (Å²) in [5.41, 5.74) is 2.03. The number of esters is 1. The molecule has 0 amide bonds. The van der Waals surface area contributed by atoms with Crippen molar-refractivity contribution in [1.82, 2.24) is 0 Å². The van der Waals surface area contributed by atoms with Gasteiger partial charge in [0.15, 0.2) is 0 Å². The zero-order valence-electron chi connectivity index (χ0n) is 14.1. The van der Waals surface area contributed by atoms with E-state index >= 15 is 0 Å². The monoisotopic (exact) mass is 328 g/mol. The Kier molecular flexibility index (Phi) is 3.05. The van der Waals surface area contributed by atoms with Crippen molar-refractivity contribution in [2.75, 3.05) is 6.61 Å². The first-order valence-electron chi connectivity index (χ1n) is 8.91. The zero-order chi connectivity index (χ0) is 17.0. The van der Waals surface area contributed by atoms with Gasteiger partial charge < -0.3 is 4.74 Å². The fourth-order valence-corrected chi connectivity index (χ4v) is 4.88. The molecule has 5 rings (SSSR count). The van der Waals surface area contributed by atoms with Gasteiger partial charge in [-0.25, -0.2) is 0 Å². The number of cyclic esters (lactones) is 1. The van der Waals surface area contributed by atoms with Gasteiger partial charge >= 0.3 is 5.97 Å². The van der Waals surface area contributed by atoms with E-state index in [2.05, 4.69) is 61.2 Å². The summed E-state index contributed by atoms with van der Waals surface area (Å²) >= 11 is 0. The summed E-state index contributed by atoms with van der Waals surface area (Å²) < 4.78 is 5.49. The van der Waals surface area contributed by atoms with E-state index < -0.39 is 5.41 Å². The van der Waals surface area contributed by atoms with Crippen molar-refractivity contribution in [2.45, 2.75) is 19.3 Å². The van der Waals surface area contributed by atoms with Crippen LogP contribution in [0.4, 0.5) is 0 Å². The molecule has 2 atom stereocenters. The highest BCUT2D eigenvalue weighted by Gasteiger charge is 2.56. The number of fused-ring (bicyclic) bond motifs is 3. The SMILES string of the molecule is C=C1CC2COC(=O)C2(Cc2c3ccccc3cc3ccccc23)C1. The van der Waals surface area contributed by atoms with Crippen LogP contribution < -0.4 is 0 Å². The molecule has 0 spiro atoms. The van der Waals surface area contributed by atoms with Crippen LogP contribution >= 0.6 is 0 Å². The Labute approximate surface area is 147 Å². The minimum atomic E-state index is -0.427. The third-order valence-electron chi connectivity index (χ3n) is 6.08. The molecule has 3 aromatic rings. The Hall–Kier alpha value is -2.61. The zero-order valence-corrected chi connectivity index (χ0v) is 14.1. The molecular formula is C23H20O2. The molecule has 3 aromatic carbocycles. The summed E-state index contributed by atoms with van der Waals surface area (Å²) in [7, 11) is 0. The van der Waals surface area contributed by atoms with Crippen molar-refractivity contribution < 1.29 is 9.53 Å². The van der Waals surface area contributed by atoms with Crippen LogP contribution in [-0.4, -0.2) is 12.6 Å². The van der Waals surface area contributed by atoms with Crippen LogP contribution in [0.15, 0.2) is 66.7 Å². The maximum Gasteiger partial charge on any atom is 0.313 e. The second-order valence-corrected chi connectivity index (χ2v) is 7.56. The molecule has 2 aliphatic rings. The Morgan fingerprint density at radius 1 is 1.04 bits per heavy atom. The number of carbonyl (C=O) groups is 1. The molecule has 0 N–H and O–H groups in total. The fraction of sp³-hybridized carbons (Fsp3) is 0.261. The number of benzene rings is 3. The van der Waals surface area contributed by atoms with Crippen LogP contribution in [0.5, 0.6) is 0 Å². The lowest BCUT2D eigenvalue weighted by Gasteiger charge is -2.26. The summed E-state index contributed by atoms with van der Waals surface area (Å²) in [4.78, 5) is 12.7. The molecule has 1 heterocycles. The molecule has 1 saturated heterocycles. The molecular weight excluding hydrogens is 308 g/mol. The third kappa shape index (κ3) is 2.07. The first kappa shape index (κ1) is 14.7. The van der Waals surface area contributed by atoms with Gasteiger partial charge in [-0.2, -0.15) is 0 Å². The highest BCUT2D eigenvalue weighted by Crippen LogP contribution is 2.53. The van der Waals surface area contributed by atoms with Crippen LogP contribution in [-0.2, 0) is 16.0 Å². The van der Waals surface area contributed by atoms with Crippen LogP contribution in [0.25, 0.3) is 21.5 Å². The molecule has 2 unspecified atom stereocenters. The molecule has 1 saturated carbocycles. The molecule has 1 aliphatic carbocycles. The molecule has 2 heteroatoms. The molecule has 2 fully saturated rings. The lowest BCUT2D eigenvalue weighted by molar-refractivity contribution is -0.146. The summed E-state index contributed by atoms with van der Waals surface area (Å²) in [5, 5.41) is 4.94. The molecule has 0 aromatic heterocycles. The van der Waals surface area contributed by atoms with Crippen molar-refractivity contribution >= 4 is 27.5 Å². The topological polar surface area (TPSA) is 26.3 Å². The van der Waals surface area contributed by atoms with Gasteiger partial charge in [-0.1, -0.05) is 60.7 Å². The average molecular weight is 328 g/mol. The van der Waals surface area contributed by atoms with Gasteiger partial charge in [0.05, 0.1) is 12.0 Å². The standard InChI is InChI=1S/C23H20O2/c1-15-10-18-14-25-22(24)23(18,12-15)13-21-19-8-4-2-6-16(19)11-17-7-3-5-9-20(17)21/h2-9,11,18H,1,10,12-14H2.